The van der Waals surface area contributed by atoms with Gasteiger partial charge in [-0.3, -0.25) is 4.79 Å². The van der Waals surface area contributed by atoms with Crippen LogP contribution in [0.3, 0.4) is 0 Å². The summed E-state index contributed by atoms with van der Waals surface area (Å²) in [6.45, 7) is 0.0805. The highest BCUT2D eigenvalue weighted by atomic mass is 16.6. The Balaban J connectivity index is 1.44. The first-order valence-electron chi connectivity index (χ1n) is 8.67. The molecule has 0 bridgehead atoms. The lowest BCUT2D eigenvalue weighted by atomic mass is 10.1. The SMILES string of the molecule is COc1cccc(C=NNC(=O)C2COc3cc4ccccc4cc3O2)c1O. The first kappa shape index (κ1) is 17.7. The van der Waals surface area contributed by atoms with E-state index in [0.29, 0.717) is 22.8 Å². The summed E-state index contributed by atoms with van der Waals surface area (Å²) < 4.78 is 16.5. The molecule has 4 rings (SSSR count). The molecular formula is C21H18N2O5. The van der Waals surface area contributed by atoms with Crippen LogP contribution in [0.2, 0.25) is 0 Å². The van der Waals surface area contributed by atoms with E-state index in [4.69, 9.17) is 14.2 Å². The summed E-state index contributed by atoms with van der Waals surface area (Å²) in [5, 5.41) is 15.9. The molecule has 0 saturated heterocycles. The van der Waals surface area contributed by atoms with Gasteiger partial charge in [0.05, 0.1) is 13.3 Å². The number of para-hydroxylation sites is 1. The van der Waals surface area contributed by atoms with Crippen molar-refractivity contribution in [3.63, 3.8) is 0 Å². The zero-order chi connectivity index (χ0) is 19.5. The van der Waals surface area contributed by atoms with Crippen molar-refractivity contribution in [1.82, 2.24) is 5.43 Å². The van der Waals surface area contributed by atoms with Crippen LogP contribution >= 0.6 is 0 Å². The number of nitrogens with zero attached hydrogens (tertiary/aromatic N) is 1. The fourth-order valence-corrected chi connectivity index (χ4v) is 2.93. The van der Waals surface area contributed by atoms with Gasteiger partial charge in [-0.15, -0.1) is 0 Å². The van der Waals surface area contributed by atoms with Crippen LogP contribution in [0.25, 0.3) is 10.8 Å². The van der Waals surface area contributed by atoms with Crippen LogP contribution in [0.1, 0.15) is 5.56 Å². The normalized spacial score (nSPS) is 15.5. The molecule has 1 amide bonds. The van der Waals surface area contributed by atoms with E-state index in [2.05, 4.69) is 10.5 Å². The number of nitrogens with one attached hydrogen (secondary N) is 1. The van der Waals surface area contributed by atoms with E-state index in [9.17, 15) is 9.90 Å². The Morgan fingerprint density at radius 3 is 2.68 bits per heavy atom. The molecule has 3 aromatic rings. The molecule has 1 heterocycles. The number of hydrogen-bond acceptors (Lipinski definition) is 6. The molecular weight excluding hydrogens is 360 g/mol. The third kappa shape index (κ3) is 3.42. The average molecular weight is 378 g/mol. The maximum Gasteiger partial charge on any atom is 0.284 e. The third-order valence-corrected chi connectivity index (χ3v) is 4.39. The molecule has 1 atom stereocenters. The molecule has 3 aromatic carbocycles. The monoisotopic (exact) mass is 378 g/mol. The van der Waals surface area contributed by atoms with Gasteiger partial charge in [0, 0.05) is 5.56 Å². The number of phenolic OH excluding ortho intramolecular Hbond substituents is 1. The van der Waals surface area contributed by atoms with Gasteiger partial charge in [-0.1, -0.05) is 30.3 Å². The molecule has 0 saturated carbocycles. The fourth-order valence-electron chi connectivity index (χ4n) is 2.93. The average Bonchev–Trinajstić information content (AvgIpc) is 2.73. The minimum Gasteiger partial charge on any atom is -0.504 e. The summed E-state index contributed by atoms with van der Waals surface area (Å²) in [5.41, 5.74) is 2.82. The lowest BCUT2D eigenvalue weighted by molar-refractivity contribution is -0.130. The summed E-state index contributed by atoms with van der Waals surface area (Å²) in [6.07, 6.45) is 0.505. The molecule has 1 aliphatic rings. The largest absolute Gasteiger partial charge is 0.504 e. The first-order chi connectivity index (χ1) is 13.7. The standard InChI is InChI=1S/C21H18N2O5/c1-26-16-8-4-7-15(20(16)24)11-22-23-21(25)19-12-27-17-9-13-5-2-3-6-14(13)10-18(17)28-19/h2-11,19,24H,12H2,1H3,(H,23,25). The third-order valence-electron chi connectivity index (χ3n) is 4.39. The number of hydrogen-bond donors (Lipinski definition) is 2. The van der Waals surface area contributed by atoms with E-state index in [1.807, 2.05) is 36.4 Å². The van der Waals surface area contributed by atoms with Crippen LogP contribution in [0.15, 0.2) is 59.7 Å². The maximum atomic E-state index is 12.4. The Labute approximate surface area is 161 Å². The van der Waals surface area contributed by atoms with Gasteiger partial charge < -0.3 is 19.3 Å². The molecule has 0 radical (unpaired) electrons. The number of ether oxygens (including phenoxy) is 3. The summed E-state index contributed by atoms with van der Waals surface area (Å²) in [7, 11) is 1.46. The van der Waals surface area contributed by atoms with E-state index in [1.165, 1.54) is 13.3 Å². The quantitative estimate of drug-likeness (QED) is 0.538. The van der Waals surface area contributed by atoms with Crippen molar-refractivity contribution in [2.75, 3.05) is 13.7 Å². The number of phenols is 1. The van der Waals surface area contributed by atoms with Crippen LogP contribution in [0.5, 0.6) is 23.0 Å². The number of hydrazone groups is 1. The topological polar surface area (TPSA) is 89.4 Å². The van der Waals surface area contributed by atoms with E-state index in [0.717, 1.165) is 10.8 Å². The van der Waals surface area contributed by atoms with E-state index >= 15 is 0 Å². The Morgan fingerprint density at radius 2 is 1.93 bits per heavy atom. The van der Waals surface area contributed by atoms with Gasteiger partial charge >= 0.3 is 0 Å². The predicted molar refractivity (Wildman–Crippen MR) is 104 cm³/mol. The summed E-state index contributed by atoms with van der Waals surface area (Å²) >= 11 is 0. The molecule has 1 aliphatic heterocycles. The van der Waals surface area contributed by atoms with Crippen molar-refractivity contribution in [1.29, 1.82) is 0 Å². The van der Waals surface area contributed by atoms with Crippen molar-refractivity contribution in [2.24, 2.45) is 5.10 Å². The van der Waals surface area contributed by atoms with Gasteiger partial charge in [0.2, 0.25) is 6.10 Å². The van der Waals surface area contributed by atoms with Crippen LogP contribution in [0, 0.1) is 0 Å². The van der Waals surface area contributed by atoms with Crippen molar-refractivity contribution >= 4 is 22.9 Å². The highest BCUT2D eigenvalue weighted by Gasteiger charge is 2.27. The van der Waals surface area contributed by atoms with E-state index in [-0.39, 0.29) is 12.4 Å². The van der Waals surface area contributed by atoms with E-state index in [1.54, 1.807) is 18.2 Å². The molecule has 0 aliphatic carbocycles. The van der Waals surface area contributed by atoms with Crippen LogP contribution < -0.4 is 19.6 Å². The fraction of sp³-hybridized carbons (Fsp3) is 0.143. The number of benzene rings is 3. The Morgan fingerprint density at radius 1 is 1.18 bits per heavy atom. The second-order valence-electron chi connectivity index (χ2n) is 6.20. The Hall–Kier alpha value is -3.74. The predicted octanol–water partition coefficient (Wildman–Crippen LogP) is 2.84. The molecule has 0 fully saturated rings. The smallest absolute Gasteiger partial charge is 0.284 e. The van der Waals surface area contributed by atoms with Crippen molar-refractivity contribution < 1.29 is 24.1 Å². The van der Waals surface area contributed by atoms with Crippen LogP contribution in [-0.4, -0.2) is 37.0 Å². The second-order valence-corrected chi connectivity index (χ2v) is 6.20. The van der Waals surface area contributed by atoms with Crippen molar-refractivity contribution in [3.05, 3.63) is 60.2 Å². The molecule has 7 heteroatoms. The number of fused-ring (bicyclic) bond motifs is 2. The van der Waals surface area contributed by atoms with Gasteiger partial charge in [0.25, 0.3) is 5.91 Å². The number of rotatable bonds is 4. The van der Waals surface area contributed by atoms with Gasteiger partial charge in [-0.2, -0.15) is 5.10 Å². The summed E-state index contributed by atoms with van der Waals surface area (Å²) in [4.78, 5) is 12.4. The number of carbonyl (C=O) groups is 1. The minimum absolute atomic E-state index is 0.0546. The Bertz CT molecular complexity index is 1060. The van der Waals surface area contributed by atoms with Crippen LogP contribution in [-0.2, 0) is 4.79 Å². The van der Waals surface area contributed by atoms with Crippen LogP contribution in [0.4, 0.5) is 0 Å². The number of carbonyl (C=O) groups excluding carboxylic acids is 1. The van der Waals surface area contributed by atoms with Gasteiger partial charge in [-0.05, 0) is 35.0 Å². The minimum atomic E-state index is -0.829. The highest BCUT2D eigenvalue weighted by molar-refractivity contribution is 5.88. The molecule has 28 heavy (non-hydrogen) atoms. The highest BCUT2D eigenvalue weighted by Crippen LogP contribution is 2.35. The zero-order valence-corrected chi connectivity index (χ0v) is 15.1. The molecule has 2 N–H and O–H groups in total. The molecule has 0 aromatic heterocycles. The summed E-state index contributed by atoms with van der Waals surface area (Å²) in [6, 6.07) is 16.6. The number of methoxy groups -OCH3 is 1. The van der Waals surface area contributed by atoms with E-state index < -0.39 is 12.0 Å². The molecule has 7 nitrogen and oxygen atoms in total. The molecule has 142 valence electrons. The molecule has 1 unspecified atom stereocenters. The lowest BCUT2D eigenvalue weighted by Gasteiger charge is -2.25. The van der Waals surface area contributed by atoms with Crippen molar-refractivity contribution in [3.8, 4) is 23.0 Å². The second kappa shape index (κ2) is 7.48. The zero-order valence-electron chi connectivity index (χ0n) is 15.1. The summed E-state index contributed by atoms with van der Waals surface area (Å²) in [5.74, 6) is 0.939. The Kier molecular flexibility index (Phi) is 4.72. The maximum absolute atomic E-state index is 12.4. The number of aromatic hydroxyl groups is 1. The van der Waals surface area contributed by atoms with Crippen molar-refractivity contribution in [2.45, 2.75) is 6.10 Å². The van der Waals surface area contributed by atoms with Gasteiger partial charge in [-0.25, -0.2) is 5.43 Å². The first-order valence-corrected chi connectivity index (χ1v) is 8.67. The molecule has 0 spiro atoms. The van der Waals surface area contributed by atoms with Gasteiger partial charge in [0.1, 0.15) is 6.61 Å². The van der Waals surface area contributed by atoms with Gasteiger partial charge in [0.15, 0.2) is 23.0 Å². The number of amides is 1. The lowest BCUT2D eigenvalue weighted by Crippen LogP contribution is -2.42.